The lowest BCUT2D eigenvalue weighted by molar-refractivity contribution is -0.126. The van der Waals surface area contributed by atoms with Gasteiger partial charge in [0.1, 0.15) is 17.7 Å². The number of carbonyl (C=O) groups is 1. The lowest BCUT2D eigenvalue weighted by atomic mass is 9.99. The van der Waals surface area contributed by atoms with E-state index in [1.165, 1.54) is 4.90 Å². The number of hydrogen-bond donors (Lipinski definition) is 1. The van der Waals surface area contributed by atoms with E-state index < -0.39 is 23.6 Å². The van der Waals surface area contributed by atoms with Crippen LogP contribution in [0.2, 0.25) is 0 Å². The lowest BCUT2D eigenvalue weighted by Gasteiger charge is -2.31. The molecular weight excluding hydrogens is 304 g/mol. The van der Waals surface area contributed by atoms with Crippen molar-refractivity contribution in [1.29, 1.82) is 0 Å². The molecule has 0 radical (unpaired) electrons. The molecule has 1 aliphatic heterocycles. The molecule has 2 aromatic rings. The van der Waals surface area contributed by atoms with Gasteiger partial charge in [-0.2, -0.15) is 5.10 Å². The molecule has 0 aliphatic carbocycles. The van der Waals surface area contributed by atoms with E-state index in [0.717, 1.165) is 17.7 Å². The lowest BCUT2D eigenvalue weighted by Crippen LogP contribution is -2.43. The van der Waals surface area contributed by atoms with E-state index in [-0.39, 0.29) is 12.1 Å². The molecule has 122 valence electrons. The molecule has 0 fully saturated rings. The Morgan fingerprint density at radius 2 is 2.22 bits per heavy atom. The number of carbonyl (C=O) groups excluding carboxylic acids is 1. The van der Waals surface area contributed by atoms with Gasteiger partial charge in [0.15, 0.2) is 0 Å². The Hall–Kier alpha value is -2.28. The minimum atomic E-state index is -1.28. The molecule has 1 N–H and O–H groups in total. The van der Waals surface area contributed by atoms with Crippen molar-refractivity contribution in [3.05, 3.63) is 47.3 Å². The molecule has 0 bridgehead atoms. The Bertz CT molecular complexity index is 745. The number of hydrogen-bond acceptors (Lipinski definition) is 3. The van der Waals surface area contributed by atoms with Crippen LogP contribution >= 0.6 is 0 Å². The largest absolute Gasteiger partial charge is 0.383 e. The van der Waals surface area contributed by atoms with Gasteiger partial charge in [-0.15, -0.1) is 0 Å². The first-order valence-electron chi connectivity index (χ1n) is 7.40. The van der Waals surface area contributed by atoms with Crippen molar-refractivity contribution in [3.8, 4) is 0 Å². The third-order valence-corrected chi connectivity index (χ3v) is 3.97. The predicted octanol–water partition coefficient (Wildman–Crippen LogP) is 1.58. The molecule has 0 spiro atoms. The van der Waals surface area contributed by atoms with E-state index in [2.05, 4.69) is 5.10 Å². The van der Waals surface area contributed by atoms with Crippen LogP contribution in [0, 0.1) is 11.6 Å². The molecule has 0 saturated carbocycles. The van der Waals surface area contributed by atoms with Gasteiger partial charge in [0.05, 0.1) is 11.9 Å². The second-order valence-electron chi connectivity index (χ2n) is 5.72. The normalized spacial score (nSPS) is 15.4. The molecule has 5 nitrogen and oxygen atoms in total. The van der Waals surface area contributed by atoms with Gasteiger partial charge in [-0.05, 0) is 24.5 Å². The average Bonchev–Trinajstić information content (AvgIpc) is 2.91. The predicted molar refractivity (Wildman–Crippen MR) is 80.0 cm³/mol. The van der Waals surface area contributed by atoms with Gasteiger partial charge < -0.3 is 10.0 Å². The number of rotatable bonds is 3. The van der Waals surface area contributed by atoms with Gasteiger partial charge >= 0.3 is 0 Å². The van der Waals surface area contributed by atoms with E-state index in [9.17, 15) is 18.7 Å². The Morgan fingerprint density at radius 3 is 2.91 bits per heavy atom. The molecule has 0 saturated heterocycles. The van der Waals surface area contributed by atoms with Crippen molar-refractivity contribution in [2.75, 3.05) is 11.4 Å². The first-order chi connectivity index (χ1) is 11.0. The van der Waals surface area contributed by atoms with Crippen LogP contribution in [0.5, 0.6) is 0 Å². The molecule has 7 heteroatoms. The summed E-state index contributed by atoms with van der Waals surface area (Å²) in [6.45, 7) is 0.332. The molecule has 1 unspecified atom stereocenters. The molecule has 23 heavy (non-hydrogen) atoms. The highest BCUT2D eigenvalue weighted by Gasteiger charge is 2.29. The first kappa shape index (κ1) is 15.6. The monoisotopic (exact) mass is 321 g/mol. The Morgan fingerprint density at radius 1 is 1.43 bits per heavy atom. The number of aromatic nitrogens is 2. The van der Waals surface area contributed by atoms with Gasteiger partial charge in [-0.1, -0.05) is 0 Å². The van der Waals surface area contributed by atoms with E-state index in [1.54, 1.807) is 24.1 Å². The SMILES string of the molecule is Cn1cc(CC(O)C(=O)N2CCCc3c(F)cc(F)cc32)cn1. The Balaban J connectivity index is 1.83. The summed E-state index contributed by atoms with van der Waals surface area (Å²) in [4.78, 5) is 13.8. The minimum absolute atomic E-state index is 0.107. The Kier molecular flexibility index (Phi) is 4.12. The van der Waals surface area contributed by atoms with Gasteiger partial charge in [0, 0.05) is 37.8 Å². The molecule has 1 atom stereocenters. The zero-order valence-corrected chi connectivity index (χ0v) is 12.7. The van der Waals surface area contributed by atoms with E-state index in [4.69, 9.17) is 0 Å². The highest BCUT2D eigenvalue weighted by molar-refractivity contribution is 5.97. The summed E-state index contributed by atoms with van der Waals surface area (Å²) in [5.74, 6) is -1.94. The Labute approximate surface area is 132 Å². The fourth-order valence-electron chi connectivity index (χ4n) is 2.91. The summed E-state index contributed by atoms with van der Waals surface area (Å²) < 4.78 is 28.9. The molecule has 1 aromatic heterocycles. The smallest absolute Gasteiger partial charge is 0.256 e. The molecule has 1 amide bonds. The summed E-state index contributed by atoms with van der Waals surface area (Å²) in [7, 11) is 1.74. The molecule has 1 aliphatic rings. The van der Waals surface area contributed by atoms with Crippen LogP contribution in [0.25, 0.3) is 0 Å². The van der Waals surface area contributed by atoms with Crippen molar-refractivity contribution in [1.82, 2.24) is 9.78 Å². The van der Waals surface area contributed by atoms with Crippen LogP contribution in [0.1, 0.15) is 17.5 Å². The fraction of sp³-hybridized carbons (Fsp3) is 0.375. The quantitative estimate of drug-likeness (QED) is 0.934. The number of nitrogens with zero attached hydrogens (tertiary/aromatic N) is 3. The van der Waals surface area contributed by atoms with Crippen LogP contribution in [-0.2, 0) is 24.7 Å². The van der Waals surface area contributed by atoms with E-state index in [0.29, 0.717) is 24.9 Å². The topological polar surface area (TPSA) is 58.4 Å². The molecular formula is C16H17F2N3O2. The third-order valence-electron chi connectivity index (χ3n) is 3.97. The molecule has 3 rings (SSSR count). The van der Waals surface area contributed by atoms with Gasteiger partial charge in [-0.3, -0.25) is 9.48 Å². The number of aryl methyl sites for hydroxylation is 1. The highest BCUT2D eigenvalue weighted by Crippen LogP contribution is 2.31. The van der Waals surface area contributed by atoms with Crippen molar-refractivity contribution >= 4 is 11.6 Å². The maximum Gasteiger partial charge on any atom is 0.256 e. The number of amides is 1. The number of aliphatic hydroxyl groups excluding tert-OH is 1. The summed E-state index contributed by atoms with van der Waals surface area (Å²) in [6, 6.07) is 1.96. The number of anilines is 1. The molecule has 1 aromatic carbocycles. The minimum Gasteiger partial charge on any atom is -0.383 e. The second kappa shape index (κ2) is 6.08. The average molecular weight is 321 g/mol. The van der Waals surface area contributed by atoms with Gasteiger partial charge in [0.25, 0.3) is 5.91 Å². The van der Waals surface area contributed by atoms with E-state index >= 15 is 0 Å². The van der Waals surface area contributed by atoms with Crippen molar-refractivity contribution in [2.24, 2.45) is 7.05 Å². The standard InChI is InChI=1S/C16H17F2N3O2/c1-20-9-10(8-19-20)5-15(22)16(23)21-4-2-3-12-13(18)6-11(17)7-14(12)21/h6-9,15,22H,2-5H2,1H3. The van der Waals surface area contributed by atoms with Gasteiger partial charge in [-0.25, -0.2) is 8.78 Å². The fourth-order valence-corrected chi connectivity index (χ4v) is 2.91. The van der Waals surface area contributed by atoms with Crippen LogP contribution in [-0.4, -0.2) is 33.4 Å². The number of fused-ring (bicyclic) bond motifs is 1. The first-order valence-corrected chi connectivity index (χ1v) is 7.40. The number of aliphatic hydroxyl groups is 1. The maximum absolute atomic E-state index is 13.9. The van der Waals surface area contributed by atoms with Crippen LogP contribution in [0.3, 0.4) is 0 Å². The zero-order chi connectivity index (χ0) is 16.6. The highest BCUT2D eigenvalue weighted by atomic mass is 19.1. The van der Waals surface area contributed by atoms with Gasteiger partial charge in [0.2, 0.25) is 0 Å². The maximum atomic E-state index is 13.9. The second-order valence-corrected chi connectivity index (χ2v) is 5.72. The summed E-state index contributed by atoms with van der Waals surface area (Å²) in [6.07, 6.45) is 3.12. The van der Waals surface area contributed by atoms with Crippen LogP contribution in [0.15, 0.2) is 24.5 Å². The zero-order valence-electron chi connectivity index (χ0n) is 12.7. The third kappa shape index (κ3) is 3.10. The summed E-state index contributed by atoms with van der Waals surface area (Å²) in [5.41, 5.74) is 1.25. The number of benzene rings is 1. The van der Waals surface area contributed by atoms with Crippen molar-refractivity contribution in [2.45, 2.75) is 25.4 Å². The van der Waals surface area contributed by atoms with Crippen LogP contribution in [0.4, 0.5) is 14.5 Å². The van der Waals surface area contributed by atoms with Crippen molar-refractivity contribution in [3.63, 3.8) is 0 Å². The number of halogens is 2. The molecule has 2 heterocycles. The summed E-state index contributed by atoms with van der Waals surface area (Å²) in [5, 5.41) is 14.2. The van der Waals surface area contributed by atoms with Crippen molar-refractivity contribution < 1.29 is 18.7 Å². The summed E-state index contributed by atoms with van der Waals surface area (Å²) >= 11 is 0. The van der Waals surface area contributed by atoms with Crippen LogP contribution < -0.4 is 4.90 Å². The van der Waals surface area contributed by atoms with E-state index in [1.807, 2.05) is 0 Å².